The second-order valence-corrected chi connectivity index (χ2v) is 6.93. The second-order valence-electron chi connectivity index (χ2n) is 6.52. The van der Waals surface area contributed by atoms with E-state index >= 15 is 0 Å². The average Bonchev–Trinajstić information content (AvgIpc) is 2.95. The minimum absolute atomic E-state index is 0.668. The van der Waals surface area contributed by atoms with Crippen molar-refractivity contribution in [1.29, 1.82) is 0 Å². The Hall–Kier alpha value is -0.730. The second kappa shape index (κ2) is 8.05. The molecule has 0 aromatic heterocycles. The molecule has 0 unspecified atom stereocenters. The molecule has 0 radical (unpaired) electrons. The van der Waals surface area contributed by atoms with Gasteiger partial charge in [-0.3, -0.25) is 0 Å². The summed E-state index contributed by atoms with van der Waals surface area (Å²) >= 11 is 6.49. The van der Waals surface area contributed by atoms with Crippen LogP contribution in [0.1, 0.15) is 52.0 Å². The molecule has 1 fully saturated rings. The molecule has 3 heteroatoms. The molecule has 1 saturated carbocycles. The van der Waals surface area contributed by atoms with Gasteiger partial charge < -0.3 is 10.2 Å². The Morgan fingerprint density at radius 2 is 2.00 bits per heavy atom. The van der Waals surface area contributed by atoms with Crippen molar-refractivity contribution >= 4 is 17.3 Å². The first-order valence-electron chi connectivity index (χ1n) is 8.37. The van der Waals surface area contributed by atoms with Crippen LogP contribution in [0.4, 0.5) is 5.69 Å². The summed E-state index contributed by atoms with van der Waals surface area (Å²) in [5, 5.41) is 4.35. The highest BCUT2D eigenvalue weighted by Gasteiger charge is 2.22. The molecule has 2 nitrogen and oxygen atoms in total. The Balaban J connectivity index is 2.02. The lowest BCUT2D eigenvalue weighted by Gasteiger charge is -2.30. The average molecular weight is 309 g/mol. The number of nitrogens with one attached hydrogen (secondary N) is 1. The van der Waals surface area contributed by atoms with E-state index in [1.54, 1.807) is 0 Å². The van der Waals surface area contributed by atoms with Gasteiger partial charge in [0, 0.05) is 29.8 Å². The number of nitrogens with zero attached hydrogens (tertiary/aromatic N) is 1. The van der Waals surface area contributed by atoms with Crippen LogP contribution < -0.4 is 10.2 Å². The van der Waals surface area contributed by atoms with Crippen molar-refractivity contribution in [1.82, 2.24) is 5.32 Å². The molecule has 0 aliphatic heterocycles. The summed E-state index contributed by atoms with van der Waals surface area (Å²) in [4.78, 5) is 2.52. The number of benzene rings is 1. The molecular weight excluding hydrogens is 280 g/mol. The number of rotatable bonds is 7. The maximum atomic E-state index is 6.49. The van der Waals surface area contributed by atoms with Gasteiger partial charge in [0.2, 0.25) is 0 Å². The first kappa shape index (κ1) is 16.6. The normalized spacial score (nSPS) is 15.9. The van der Waals surface area contributed by atoms with E-state index in [0.717, 1.165) is 24.7 Å². The van der Waals surface area contributed by atoms with Crippen molar-refractivity contribution in [3.8, 4) is 0 Å². The van der Waals surface area contributed by atoms with E-state index in [2.05, 4.69) is 49.2 Å². The zero-order chi connectivity index (χ0) is 15.2. The molecule has 2 rings (SSSR count). The van der Waals surface area contributed by atoms with Crippen LogP contribution in [0.15, 0.2) is 18.2 Å². The first-order chi connectivity index (χ1) is 10.1. The molecule has 0 heterocycles. The predicted octanol–water partition coefficient (Wildman–Crippen LogP) is 4.85. The van der Waals surface area contributed by atoms with Crippen LogP contribution in [0.25, 0.3) is 0 Å². The Kier molecular flexibility index (Phi) is 6.38. The van der Waals surface area contributed by atoms with Crippen molar-refractivity contribution < 1.29 is 0 Å². The lowest BCUT2D eigenvalue weighted by molar-refractivity contribution is 0.552. The van der Waals surface area contributed by atoms with E-state index in [9.17, 15) is 0 Å². The van der Waals surface area contributed by atoms with Crippen molar-refractivity contribution in [3.63, 3.8) is 0 Å². The van der Waals surface area contributed by atoms with Gasteiger partial charge in [0.1, 0.15) is 0 Å². The largest absolute Gasteiger partial charge is 0.369 e. The van der Waals surface area contributed by atoms with Crippen LogP contribution in [-0.2, 0) is 6.54 Å². The highest BCUT2D eigenvalue weighted by Crippen LogP contribution is 2.30. The van der Waals surface area contributed by atoms with Crippen LogP contribution in [-0.4, -0.2) is 19.1 Å². The summed E-state index contributed by atoms with van der Waals surface area (Å²) in [7, 11) is 0. The molecule has 1 aromatic rings. The summed E-state index contributed by atoms with van der Waals surface area (Å²) in [5.41, 5.74) is 2.48. The number of hydrogen-bond donors (Lipinski definition) is 1. The van der Waals surface area contributed by atoms with Crippen LogP contribution in [0.3, 0.4) is 0 Å². The zero-order valence-corrected chi connectivity index (χ0v) is 14.4. The van der Waals surface area contributed by atoms with Crippen molar-refractivity contribution in [3.05, 3.63) is 28.8 Å². The van der Waals surface area contributed by atoms with Gasteiger partial charge in [-0.05, 0) is 49.9 Å². The minimum atomic E-state index is 0.668. The summed E-state index contributed by atoms with van der Waals surface area (Å²) in [6.07, 6.45) is 5.38. The van der Waals surface area contributed by atoms with Crippen molar-refractivity contribution in [2.75, 3.05) is 18.0 Å². The molecule has 21 heavy (non-hydrogen) atoms. The van der Waals surface area contributed by atoms with Crippen molar-refractivity contribution in [2.45, 2.75) is 59.0 Å². The Bertz CT molecular complexity index is 439. The molecule has 0 spiro atoms. The lowest BCUT2D eigenvalue weighted by atomic mass is 10.1. The number of halogens is 1. The highest BCUT2D eigenvalue weighted by molar-refractivity contribution is 6.31. The molecule has 1 aliphatic rings. The van der Waals surface area contributed by atoms with E-state index in [0.29, 0.717) is 12.0 Å². The highest BCUT2D eigenvalue weighted by atomic mass is 35.5. The monoisotopic (exact) mass is 308 g/mol. The lowest BCUT2D eigenvalue weighted by Crippen LogP contribution is -2.32. The molecular formula is C18H29ClN2. The summed E-state index contributed by atoms with van der Waals surface area (Å²) in [6.45, 7) is 9.63. The smallest absolute Gasteiger partial charge is 0.0471 e. The van der Waals surface area contributed by atoms with E-state index in [-0.39, 0.29) is 0 Å². The third kappa shape index (κ3) is 4.62. The Labute approximate surface area is 134 Å². The number of hydrogen-bond acceptors (Lipinski definition) is 2. The quantitative estimate of drug-likeness (QED) is 0.774. The fourth-order valence-electron chi connectivity index (χ4n) is 3.22. The fourth-order valence-corrected chi connectivity index (χ4v) is 3.46. The molecule has 1 N–H and O–H groups in total. The van der Waals surface area contributed by atoms with Gasteiger partial charge in [-0.2, -0.15) is 0 Å². The van der Waals surface area contributed by atoms with E-state index < -0.39 is 0 Å². The Morgan fingerprint density at radius 3 is 2.57 bits per heavy atom. The zero-order valence-electron chi connectivity index (χ0n) is 13.7. The standard InChI is InChI=1S/C18H29ClN2/c1-4-21(16-7-5-6-8-16)17-10-9-15(18(19)11-17)13-20-12-14(2)3/h9-11,14,16,20H,4-8,12-13H2,1-3H3. The van der Waals surface area contributed by atoms with Gasteiger partial charge in [-0.1, -0.05) is 44.4 Å². The number of anilines is 1. The predicted molar refractivity (Wildman–Crippen MR) is 93.3 cm³/mol. The molecule has 1 aliphatic carbocycles. The third-order valence-electron chi connectivity index (χ3n) is 4.34. The van der Waals surface area contributed by atoms with Crippen LogP contribution >= 0.6 is 11.6 Å². The third-order valence-corrected chi connectivity index (χ3v) is 4.69. The SMILES string of the molecule is CCN(c1ccc(CNCC(C)C)c(Cl)c1)C1CCCC1. The maximum absolute atomic E-state index is 6.49. The van der Waals surface area contributed by atoms with E-state index in [1.165, 1.54) is 36.9 Å². The van der Waals surface area contributed by atoms with Crippen LogP contribution in [0, 0.1) is 5.92 Å². The molecule has 118 valence electrons. The molecule has 0 amide bonds. The molecule has 0 bridgehead atoms. The van der Waals surface area contributed by atoms with Crippen LogP contribution in [0.2, 0.25) is 5.02 Å². The molecule has 0 saturated heterocycles. The fraction of sp³-hybridized carbons (Fsp3) is 0.667. The summed E-state index contributed by atoms with van der Waals surface area (Å²) < 4.78 is 0. The molecule has 0 atom stereocenters. The summed E-state index contributed by atoms with van der Waals surface area (Å²) in [6, 6.07) is 7.27. The molecule has 1 aromatic carbocycles. The van der Waals surface area contributed by atoms with Crippen molar-refractivity contribution in [2.24, 2.45) is 5.92 Å². The Morgan fingerprint density at radius 1 is 1.29 bits per heavy atom. The van der Waals surface area contributed by atoms with Gasteiger partial charge in [0.15, 0.2) is 0 Å². The van der Waals surface area contributed by atoms with Gasteiger partial charge in [0.25, 0.3) is 0 Å². The van der Waals surface area contributed by atoms with E-state index in [1.807, 2.05) is 0 Å². The first-order valence-corrected chi connectivity index (χ1v) is 8.75. The summed E-state index contributed by atoms with van der Waals surface area (Å²) in [5.74, 6) is 0.668. The van der Waals surface area contributed by atoms with E-state index in [4.69, 9.17) is 11.6 Å². The minimum Gasteiger partial charge on any atom is -0.369 e. The van der Waals surface area contributed by atoms with Gasteiger partial charge in [-0.15, -0.1) is 0 Å². The van der Waals surface area contributed by atoms with Crippen LogP contribution in [0.5, 0.6) is 0 Å². The van der Waals surface area contributed by atoms with Gasteiger partial charge >= 0.3 is 0 Å². The van der Waals surface area contributed by atoms with Gasteiger partial charge in [-0.25, -0.2) is 0 Å². The van der Waals surface area contributed by atoms with Gasteiger partial charge in [0.05, 0.1) is 0 Å². The topological polar surface area (TPSA) is 15.3 Å². The maximum Gasteiger partial charge on any atom is 0.0471 e.